The van der Waals surface area contributed by atoms with Crippen LogP contribution in [0.3, 0.4) is 0 Å². The van der Waals surface area contributed by atoms with Crippen LogP contribution in [0.5, 0.6) is 0 Å². The van der Waals surface area contributed by atoms with Gasteiger partial charge in [0.2, 0.25) is 6.10 Å². The lowest BCUT2D eigenvalue weighted by Crippen LogP contribution is -2.26. The molecule has 3 aromatic carbocycles. The predicted molar refractivity (Wildman–Crippen MR) is 131 cm³/mol. The highest BCUT2D eigenvalue weighted by Gasteiger charge is 2.26. The number of esters is 1. The maximum atomic E-state index is 13.0. The number of para-hydroxylation sites is 1. The average Bonchev–Trinajstić information content (AvgIpc) is 3.19. The Kier molecular flexibility index (Phi) is 6.95. The van der Waals surface area contributed by atoms with E-state index < -0.39 is 18.0 Å². The van der Waals surface area contributed by atoms with Gasteiger partial charge in [0.05, 0.1) is 17.1 Å². The summed E-state index contributed by atoms with van der Waals surface area (Å²) in [4.78, 5) is 31.4. The minimum absolute atomic E-state index is 0.0384. The Morgan fingerprint density at radius 2 is 1.55 bits per heavy atom. The van der Waals surface area contributed by atoms with Crippen molar-refractivity contribution in [2.75, 3.05) is 5.32 Å². The number of aromatic nitrogens is 1. The monoisotopic (exact) mass is 456 g/mol. The molecule has 0 aliphatic heterocycles. The van der Waals surface area contributed by atoms with E-state index in [1.54, 1.807) is 24.3 Å². The van der Waals surface area contributed by atoms with Gasteiger partial charge in [0.15, 0.2) is 0 Å². The molecule has 1 amide bonds. The Hall–Kier alpha value is -3.77. The minimum atomic E-state index is -1.06. The van der Waals surface area contributed by atoms with E-state index in [1.165, 1.54) is 11.3 Å². The second kappa shape index (κ2) is 10.2. The standard InChI is InChI=1S/C27H24N2O3S/c1-18-13-15-20(16-14-18)25-23(33-19(2)28-25)17-24(30)32-26(21-9-5-3-6-10-21)27(31)29-22-11-7-4-8-12-22/h3-16,26H,17H2,1-2H3,(H,29,31). The molecule has 1 N–H and O–H groups in total. The molecule has 0 saturated heterocycles. The van der Waals surface area contributed by atoms with Crippen LogP contribution in [0.2, 0.25) is 0 Å². The molecule has 0 spiro atoms. The fourth-order valence-corrected chi connectivity index (χ4v) is 4.40. The predicted octanol–water partition coefficient (Wildman–Crippen LogP) is 5.89. The molecule has 0 fully saturated rings. The maximum Gasteiger partial charge on any atom is 0.312 e. The summed E-state index contributed by atoms with van der Waals surface area (Å²) in [7, 11) is 0. The summed E-state index contributed by atoms with van der Waals surface area (Å²) >= 11 is 1.46. The van der Waals surface area contributed by atoms with Gasteiger partial charge < -0.3 is 10.1 Å². The number of nitrogens with one attached hydrogen (secondary N) is 1. The Labute approximate surface area is 197 Å². The summed E-state index contributed by atoms with van der Waals surface area (Å²) in [5.74, 6) is -0.885. The van der Waals surface area contributed by atoms with E-state index in [0.29, 0.717) is 11.3 Å². The van der Waals surface area contributed by atoms with Crippen LogP contribution in [-0.2, 0) is 20.7 Å². The van der Waals surface area contributed by atoms with Gasteiger partial charge in [0.25, 0.3) is 5.91 Å². The van der Waals surface area contributed by atoms with Crippen LogP contribution in [0, 0.1) is 13.8 Å². The molecule has 0 saturated carbocycles. The third-order valence-electron chi connectivity index (χ3n) is 5.07. The van der Waals surface area contributed by atoms with Crippen molar-refractivity contribution in [1.29, 1.82) is 0 Å². The summed E-state index contributed by atoms with van der Waals surface area (Å²) in [5.41, 5.74) is 4.13. The third kappa shape index (κ3) is 5.73. The Bertz CT molecular complexity index is 1240. The van der Waals surface area contributed by atoms with E-state index in [2.05, 4.69) is 10.3 Å². The summed E-state index contributed by atoms with van der Waals surface area (Å²) in [5, 5.41) is 3.70. The zero-order valence-electron chi connectivity index (χ0n) is 18.4. The third-order valence-corrected chi connectivity index (χ3v) is 6.04. The second-order valence-electron chi connectivity index (χ2n) is 7.68. The molecule has 1 heterocycles. The van der Waals surface area contributed by atoms with Gasteiger partial charge in [-0.15, -0.1) is 11.3 Å². The molecule has 4 aromatic rings. The highest BCUT2D eigenvalue weighted by Crippen LogP contribution is 2.30. The SMILES string of the molecule is Cc1ccc(-c2nc(C)sc2CC(=O)OC(C(=O)Nc2ccccc2)c2ccccc2)cc1. The lowest BCUT2D eigenvalue weighted by molar-refractivity contribution is -0.154. The van der Waals surface area contributed by atoms with Gasteiger partial charge in [-0.25, -0.2) is 4.98 Å². The first-order valence-electron chi connectivity index (χ1n) is 10.6. The number of hydrogen-bond donors (Lipinski definition) is 1. The highest BCUT2D eigenvalue weighted by atomic mass is 32.1. The van der Waals surface area contributed by atoms with Crippen LogP contribution in [0.4, 0.5) is 5.69 Å². The van der Waals surface area contributed by atoms with Crippen molar-refractivity contribution in [1.82, 2.24) is 4.98 Å². The molecule has 1 atom stereocenters. The van der Waals surface area contributed by atoms with Gasteiger partial charge in [-0.05, 0) is 26.0 Å². The largest absolute Gasteiger partial charge is 0.447 e. The molecule has 33 heavy (non-hydrogen) atoms. The molecular weight excluding hydrogens is 432 g/mol. The fourth-order valence-electron chi connectivity index (χ4n) is 3.46. The Morgan fingerprint density at radius 1 is 0.909 bits per heavy atom. The number of hydrogen-bond acceptors (Lipinski definition) is 5. The number of carbonyl (C=O) groups is 2. The van der Waals surface area contributed by atoms with Crippen molar-refractivity contribution in [3.63, 3.8) is 0 Å². The molecule has 5 nitrogen and oxygen atoms in total. The first-order valence-corrected chi connectivity index (χ1v) is 11.4. The smallest absolute Gasteiger partial charge is 0.312 e. The van der Waals surface area contributed by atoms with Crippen molar-refractivity contribution in [3.05, 3.63) is 106 Å². The van der Waals surface area contributed by atoms with Crippen molar-refractivity contribution in [2.45, 2.75) is 26.4 Å². The summed E-state index contributed by atoms with van der Waals surface area (Å²) < 4.78 is 5.72. The van der Waals surface area contributed by atoms with Crippen LogP contribution in [-0.4, -0.2) is 16.9 Å². The van der Waals surface area contributed by atoms with Crippen LogP contribution < -0.4 is 5.32 Å². The molecule has 4 rings (SSSR count). The lowest BCUT2D eigenvalue weighted by Gasteiger charge is -2.18. The van der Waals surface area contributed by atoms with E-state index in [0.717, 1.165) is 26.7 Å². The number of amides is 1. The normalized spacial score (nSPS) is 11.6. The zero-order valence-corrected chi connectivity index (χ0v) is 19.3. The fraction of sp³-hybridized carbons (Fsp3) is 0.148. The summed E-state index contributed by atoms with van der Waals surface area (Å²) in [6.07, 6.45) is -1.02. The Balaban J connectivity index is 1.54. The number of aryl methyl sites for hydroxylation is 2. The first-order chi connectivity index (χ1) is 16.0. The van der Waals surface area contributed by atoms with Gasteiger partial charge in [-0.1, -0.05) is 78.4 Å². The number of nitrogens with zero attached hydrogens (tertiary/aromatic N) is 1. The highest BCUT2D eigenvalue weighted by molar-refractivity contribution is 7.12. The minimum Gasteiger partial charge on any atom is -0.447 e. The van der Waals surface area contributed by atoms with E-state index in [4.69, 9.17) is 4.74 Å². The molecule has 0 aliphatic carbocycles. The van der Waals surface area contributed by atoms with E-state index in [9.17, 15) is 9.59 Å². The zero-order chi connectivity index (χ0) is 23.2. The summed E-state index contributed by atoms with van der Waals surface area (Å²) in [6, 6.07) is 26.2. The number of anilines is 1. The molecule has 6 heteroatoms. The molecule has 0 bridgehead atoms. The number of carbonyl (C=O) groups excluding carboxylic acids is 2. The van der Waals surface area contributed by atoms with Crippen LogP contribution in [0.15, 0.2) is 84.9 Å². The second-order valence-corrected chi connectivity index (χ2v) is 8.97. The lowest BCUT2D eigenvalue weighted by atomic mass is 10.1. The molecule has 0 aliphatic rings. The van der Waals surface area contributed by atoms with Crippen LogP contribution in [0.1, 0.15) is 27.1 Å². The van der Waals surface area contributed by atoms with Crippen molar-refractivity contribution < 1.29 is 14.3 Å². The maximum absolute atomic E-state index is 13.0. The molecule has 0 radical (unpaired) electrons. The van der Waals surface area contributed by atoms with Gasteiger partial charge in [-0.3, -0.25) is 9.59 Å². The molecule has 166 valence electrons. The number of ether oxygens (including phenoxy) is 1. The molecule has 1 unspecified atom stereocenters. The van der Waals surface area contributed by atoms with Crippen molar-refractivity contribution in [3.8, 4) is 11.3 Å². The van der Waals surface area contributed by atoms with Gasteiger partial charge in [-0.2, -0.15) is 0 Å². The van der Waals surface area contributed by atoms with E-state index in [-0.39, 0.29) is 6.42 Å². The van der Waals surface area contributed by atoms with Crippen molar-refractivity contribution >= 4 is 28.9 Å². The topological polar surface area (TPSA) is 68.3 Å². The number of thiazole rings is 1. The van der Waals surface area contributed by atoms with E-state index >= 15 is 0 Å². The van der Waals surface area contributed by atoms with E-state index in [1.807, 2.05) is 74.5 Å². The number of benzene rings is 3. The first kappa shape index (κ1) is 22.4. The quantitative estimate of drug-likeness (QED) is 0.352. The van der Waals surface area contributed by atoms with Gasteiger partial charge in [0.1, 0.15) is 0 Å². The van der Waals surface area contributed by atoms with Crippen LogP contribution >= 0.6 is 11.3 Å². The van der Waals surface area contributed by atoms with Gasteiger partial charge >= 0.3 is 5.97 Å². The van der Waals surface area contributed by atoms with Crippen LogP contribution in [0.25, 0.3) is 11.3 Å². The Morgan fingerprint density at radius 3 is 2.21 bits per heavy atom. The summed E-state index contributed by atoms with van der Waals surface area (Å²) in [6.45, 7) is 3.94. The molecular formula is C27H24N2O3S. The number of rotatable bonds is 7. The average molecular weight is 457 g/mol. The van der Waals surface area contributed by atoms with Crippen molar-refractivity contribution in [2.24, 2.45) is 0 Å². The van der Waals surface area contributed by atoms with Gasteiger partial charge in [0, 0.05) is 21.7 Å². The molecule has 1 aromatic heterocycles.